The number of nitrogens with zero attached hydrogens (tertiary/aromatic N) is 1. The Morgan fingerprint density at radius 2 is 2.14 bits per heavy atom. The average molecular weight is 306 g/mol. The highest BCUT2D eigenvalue weighted by Gasteiger charge is 2.24. The van der Waals surface area contributed by atoms with Crippen LogP contribution < -0.4 is 5.32 Å². The number of carboxylic acids is 1. The van der Waals surface area contributed by atoms with Crippen molar-refractivity contribution in [2.24, 2.45) is 0 Å². The van der Waals surface area contributed by atoms with Crippen LogP contribution in [0.4, 0.5) is 4.79 Å². The number of aliphatic carboxylic acids is 1. The minimum atomic E-state index is -0.903. The predicted octanol–water partition coefficient (Wildman–Crippen LogP) is 2.05. The van der Waals surface area contributed by atoms with Crippen LogP contribution in [0.2, 0.25) is 0 Å². The van der Waals surface area contributed by atoms with E-state index in [1.165, 1.54) is 0 Å². The van der Waals surface area contributed by atoms with Gasteiger partial charge in [-0.15, -0.1) is 0 Å². The predicted molar refractivity (Wildman–Crippen MR) is 82.3 cm³/mol. The van der Waals surface area contributed by atoms with E-state index in [-0.39, 0.29) is 6.09 Å². The third-order valence-corrected chi connectivity index (χ3v) is 3.38. The number of allylic oxidation sites excluding steroid dienone is 2. The van der Waals surface area contributed by atoms with E-state index in [1.54, 1.807) is 17.2 Å². The Morgan fingerprint density at radius 1 is 1.41 bits per heavy atom. The van der Waals surface area contributed by atoms with Crippen LogP contribution in [0, 0.1) is 0 Å². The van der Waals surface area contributed by atoms with Gasteiger partial charge in [0.15, 0.2) is 0 Å². The van der Waals surface area contributed by atoms with E-state index < -0.39 is 17.6 Å². The number of amides is 1. The molecule has 0 saturated heterocycles. The summed E-state index contributed by atoms with van der Waals surface area (Å²) >= 11 is 0. The molecule has 0 fully saturated rings. The van der Waals surface area contributed by atoms with E-state index in [4.69, 9.17) is 9.84 Å². The molecule has 0 aromatic heterocycles. The van der Waals surface area contributed by atoms with Crippen LogP contribution in [0.25, 0.3) is 0 Å². The SMILES string of the molecule is CC(C)(C)OC(=O)N1CC=C(C2=CN[C@H](C(=O)O)C=C2)CC1. The highest BCUT2D eigenvalue weighted by Crippen LogP contribution is 2.22. The van der Waals surface area contributed by atoms with Crippen molar-refractivity contribution in [1.29, 1.82) is 0 Å². The molecule has 0 radical (unpaired) electrons. The Bertz CT molecular complexity index is 555. The fourth-order valence-electron chi connectivity index (χ4n) is 2.26. The Morgan fingerprint density at radius 3 is 2.59 bits per heavy atom. The lowest BCUT2D eigenvalue weighted by Crippen LogP contribution is -2.39. The molecule has 2 aliphatic rings. The first kappa shape index (κ1) is 16.1. The zero-order valence-electron chi connectivity index (χ0n) is 13.1. The maximum Gasteiger partial charge on any atom is 0.410 e. The quantitative estimate of drug-likeness (QED) is 0.816. The Balaban J connectivity index is 1.94. The Kier molecular flexibility index (Phi) is 4.59. The minimum Gasteiger partial charge on any atom is -0.479 e. The summed E-state index contributed by atoms with van der Waals surface area (Å²) in [5.74, 6) is -0.903. The van der Waals surface area contributed by atoms with Gasteiger partial charge in [0, 0.05) is 19.3 Å². The summed E-state index contributed by atoms with van der Waals surface area (Å²) in [5.41, 5.74) is 1.57. The topological polar surface area (TPSA) is 78.9 Å². The molecule has 1 amide bonds. The van der Waals surface area contributed by atoms with E-state index in [9.17, 15) is 9.59 Å². The molecular formula is C16H22N2O4. The van der Waals surface area contributed by atoms with E-state index >= 15 is 0 Å². The third kappa shape index (κ3) is 4.13. The number of hydrogen-bond donors (Lipinski definition) is 2. The Labute approximate surface area is 130 Å². The van der Waals surface area contributed by atoms with Crippen molar-refractivity contribution in [1.82, 2.24) is 10.2 Å². The van der Waals surface area contributed by atoms with Crippen LogP contribution in [0.3, 0.4) is 0 Å². The number of hydrogen-bond acceptors (Lipinski definition) is 4. The van der Waals surface area contributed by atoms with Gasteiger partial charge in [0.25, 0.3) is 0 Å². The standard InChI is InChI=1S/C16H22N2O4/c1-16(2,3)22-15(21)18-8-6-11(7-9-18)12-4-5-13(14(19)20)17-10-12/h4-6,10,13,17H,7-9H2,1-3H3,(H,19,20)/t13-/m0/s1. The molecule has 0 bridgehead atoms. The minimum absolute atomic E-state index is 0.306. The van der Waals surface area contributed by atoms with Crippen molar-refractivity contribution < 1.29 is 19.4 Å². The molecule has 0 saturated carbocycles. The number of carbonyl (C=O) groups is 2. The van der Waals surface area contributed by atoms with Gasteiger partial charge >= 0.3 is 12.1 Å². The Hall–Kier alpha value is -2.24. The van der Waals surface area contributed by atoms with Gasteiger partial charge in [0.05, 0.1) is 0 Å². The summed E-state index contributed by atoms with van der Waals surface area (Å²) in [6.45, 7) is 6.63. The number of carboxylic acid groups (broad SMARTS) is 1. The van der Waals surface area contributed by atoms with Gasteiger partial charge in [-0.3, -0.25) is 0 Å². The second kappa shape index (κ2) is 6.25. The first-order valence-corrected chi connectivity index (χ1v) is 7.31. The number of ether oxygens (including phenoxy) is 1. The summed E-state index contributed by atoms with van der Waals surface area (Å²) in [4.78, 5) is 24.5. The average Bonchev–Trinajstić information content (AvgIpc) is 2.46. The molecule has 22 heavy (non-hydrogen) atoms. The van der Waals surface area contributed by atoms with Crippen LogP contribution in [-0.4, -0.2) is 46.8 Å². The van der Waals surface area contributed by atoms with Crippen LogP contribution >= 0.6 is 0 Å². The van der Waals surface area contributed by atoms with Gasteiger partial charge in [-0.1, -0.05) is 18.2 Å². The van der Waals surface area contributed by atoms with Crippen molar-refractivity contribution in [3.05, 3.63) is 35.6 Å². The number of rotatable bonds is 2. The van der Waals surface area contributed by atoms with Crippen molar-refractivity contribution in [3.63, 3.8) is 0 Å². The summed E-state index contributed by atoms with van der Waals surface area (Å²) < 4.78 is 5.35. The van der Waals surface area contributed by atoms with E-state index in [2.05, 4.69) is 5.32 Å². The number of dihydropyridines is 1. The zero-order chi connectivity index (χ0) is 16.3. The molecular weight excluding hydrogens is 284 g/mol. The number of nitrogens with one attached hydrogen (secondary N) is 1. The molecule has 1 atom stereocenters. The normalized spacial score (nSPS) is 21.6. The molecule has 2 rings (SSSR count). The third-order valence-electron chi connectivity index (χ3n) is 3.38. The van der Waals surface area contributed by atoms with Crippen molar-refractivity contribution in [3.8, 4) is 0 Å². The van der Waals surface area contributed by atoms with E-state index in [1.807, 2.05) is 32.9 Å². The van der Waals surface area contributed by atoms with E-state index in [0.717, 1.165) is 17.6 Å². The molecule has 6 heteroatoms. The molecule has 0 aromatic rings. The van der Waals surface area contributed by atoms with Crippen LogP contribution in [0.15, 0.2) is 35.6 Å². The van der Waals surface area contributed by atoms with Crippen molar-refractivity contribution >= 4 is 12.1 Å². The largest absolute Gasteiger partial charge is 0.479 e. The van der Waals surface area contributed by atoms with Gasteiger partial charge in [-0.25, -0.2) is 9.59 Å². The molecule has 0 spiro atoms. The maximum absolute atomic E-state index is 12.0. The number of carbonyl (C=O) groups excluding carboxylic acids is 1. The summed E-state index contributed by atoms with van der Waals surface area (Å²) in [7, 11) is 0. The van der Waals surface area contributed by atoms with Gasteiger partial charge in [0.1, 0.15) is 11.6 Å². The molecule has 2 aliphatic heterocycles. The molecule has 2 heterocycles. The van der Waals surface area contributed by atoms with Crippen LogP contribution in [0.1, 0.15) is 27.2 Å². The monoisotopic (exact) mass is 306 g/mol. The highest BCUT2D eigenvalue weighted by molar-refractivity contribution is 5.77. The highest BCUT2D eigenvalue weighted by atomic mass is 16.6. The summed E-state index contributed by atoms with van der Waals surface area (Å²) in [6, 6.07) is -0.675. The van der Waals surface area contributed by atoms with Crippen LogP contribution in [-0.2, 0) is 9.53 Å². The molecule has 0 aromatic carbocycles. The second-order valence-corrected chi connectivity index (χ2v) is 6.35. The van der Waals surface area contributed by atoms with Gasteiger partial charge in [0.2, 0.25) is 0 Å². The molecule has 120 valence electrons. The fourth-order valence-corrected chi connectivity index (χ4v) is 2.26. The van der Waals surface area contributed by atoms with Gasteiger partial charge < -0.3 is 20.1 Å². The van der Waals surface area contributed by atoms with Gasteiger partial charge in [-0.2, -0.15) is 0 Å². The fraction of sp³-hybridized carbons (Fsp3) is 0.500. The second-order valence-electron chi connectivity index (χ2n) is 6.35. The molecule has 2 N–H and O–H groups in total. The smallest absolute Gasteiger partial charge is 0.410 e. The summed E-state index contributed by atoms with van der Waals surface area (Å²) in [6.07, 6.45) is 7.54. The van der Waals surface area contributed by atoms with Crippen LogP contribution in [0.5, 0.6) is 0 Å². The lowest BCUT2D eigenvalue weighted by atomic mass is 9.97. The molecule has 0 aliphatic carbocycles. The first-order valence-electron chi connectivity index (χ1n) is 7.31. The lowest BCUT2D eigenvalue weighted by molar-refractivity contribution is -0.137. The first-order chi connectivity index (χ1) is 10.3. The lowest BCUT2D eigenvalue weighted by Gasteiger charge is -2.30. The summed E-state index contributed by atoms with van der Waals surface area (Å²) in [5, 5.41) is 11.7. The van der Waals surface area contributed by atoms with Crippen molar-refractivity contribution in [2.45, 2.75) is 38.8 Å². The van der Waals surface area contributed by atoms with Gasteiger partial charge in [-0.05, 0) is 38.3 Å². The molecule has 6 nitrogen and oxygen atoms in total. The van der Waals surface area contributed by atoms with E-state index in [0.29, 0.717) is 13.1 Å². The van der Waals surface area contributed by atoms with Crippen molar-refractivity contribution in [2.75, 3.05) is 13.1 Å². The zero-order valence-corrected chi connectivity index (χ0v) is 13.1. The molecule has 0 unspecified atom stereocenters. The maximum atomic E-state index is 12.0.